The fourth-order valence-corrected chi connectivity index (χ4v) is 2.43. The topological polar surface area (TPSA) is 59.0 Å². The minimum atomic E-state index is -0.874. The van der Waals surface area contributed by atoms with Crippen LogP contribution in [0, 0.1) is 11.3 Å². The Kier molecular flexibility index (Phi) is 6.06. The quantitative estimate of drug-likeness (QED) is 0.753. The van der Waals surface area contributed by atoms with Crippen LogP contribution >= 0.6 is 11.8 Å². The summed E-state index contributed by atoms with van der Waals surface area (Å²) in [6.07, 6.45) is 0.655. The van der Waals surface area contributed by atoms with Crippen molar-refractivity contribution in [3.8, 4) is 6.07 Å². The molecule has 1 atom stereocenters. The third-order valence-corrected chi connectivity index (χ3v) is 3.51. The molecule has 0 radical (unpaired) electrons. The van der Waals surface area contributed by atoms with Crippen LogP contribution in [0.2, 0.25) is 0 Å². The zero-order valence-corrected chi connectivity index (χ0v) is 10.9. The third-order valence-electron chi connectivity index (χ3n) is 2.56. The molecule has 0 aliphatic heterocycles. The van der Waals surface area contributed by atoms with Gasteiger partial charge in [0.15, 0.2) is 0 Å². The summed E-state index contributed by atoms with van der Waals surface area (Å²) >= 11 is 1.76. The van der Waals surface area contributed by atoms with Crippen LogP contribution in [0.1, 0.15) is 12.0 Å². The molecule has 1 unspecified atom stereocenters. The molecule has 92 valence electrons. The monoisotopic (exact) mass is 250 g/mol. The van der Waals surface area contributed by atoms with Crippen LogP contribution in [0.4, 0.5) is 0 Å². The molecule has 0 aliphatic carbocycles. The lowest BCUT2D eigenvalue weighted by Crippen LogP contribution is -2.35. The van der Waals surface area contributed by atoms with Gasteiger partial charge in [0.25, 0.3) is 0 Å². The van der Waals surface area contributed by atoms with Crippen molar-refractivity contribution in [3.63, 3.8) is 0 Å². The maximum atomic E-state index is 9.23. The molecule has 0 spiro atoms. The number of ether oxygens (including phenoxy) is 1. The lowest BCUT2D eigenvalue weighted by atomic mass is 9.90. The van der Waals surface area contributed by atoms with Gasteiger partial charge in [-0.05, 0) is 17.7 Å². The van der Waals surface area contributed by atoms with Gasteiger partial charge in [-0.15, -0.1) is 0 Å². The smallest absolute Gasteiger partial charge is 0.130 e. The fourth-order valence-electron chi connectivity index (χ4n) is 1.48. The molecule has 1 rings (SSSR count). The van der Waals surface area contributed by atoms with Crippen molar-refractivity contribution in [1.82, 2.24) is 0 Å². The predicted octanol–water partition coefficient (Wildman–Crippen LogP) is 2.13. The fraction of sp³-hybridized carbons (Fsp3) is 0.462. The summed E-state index contributed by atoms with van der Waals surface area (Å²) in [6, 6.07) is 11.8. The molecule has 0 aromatic heterocycles. The van der Waals surface area contributed by atoms with Crippen LogP contribution < -0.4 is 5.73 Å². The average Bonchev–Trinajstić information content (AvgIpc) is 2.39. The summed E-state index contributed by atoms with van der Waals surface area (Å²) in [6.45, 7) is 0.736. The molecule has 4 heteroatoms. The number of rotatable bonds is 7. The van der Waals surface area contributed by atoms with Gasteiger partial charge in [0.1, 0.15) is 5.54 Å². The van der Waals surface area contributed by atoms with E-state index in [2.05, 4.69) is 6.07 Å². The molecule has 3 nitrogen and oxygen atoms in total. The first-order valence-electron chi connectivity index (χ1n) is 5.55. The lowest BCUT2D eigenvalue weighted by molar-refractivity contribution is 0.218. The van der Waals surface area contributed by atoms with E-state index in [4.69, 9.17) is 10.5 Å². The van der Waals surface area contributed by atoms with Gasteiger partial charge in [-0.2, -0.15) is 17.0 Å². The van der Waals surface area contributed by atoms with Crippen LogP contribution in [0.25, 0.3) is 0 Å². The molecular formula is C13H18N2OS. The Labute approximate surface area is 107 Å². The second kappa shape index (κ2) is 7.33. The van der Waals surface area contributed by atoms with E-state index < -0.39 is 5.54 Å². The van der Waals surface area contributed by atoms with E-state index in [1.54, 1.807) is 18.9 Å². The highest BCUT2D eigenvalue weighted by Crippen LogP contribution is 2.23. The molecule has 17 heavy (non-hydrogen) atoms. The van der Waals surface area contributed by atoms with Crippen molar-refractivity contribution in [1.29, 1.82) is 5.26 Å². The molecule has 0 amide bonds. The van der Waals surface area contributed by atoms with Gasteiger partial charge >= 0.3 is 0 Å². The highest BCUT2D eigenvalue weighted by atomic mass is 32.2. The molecular weight excluding hydrogens is 232 g/mol. The molecule has 0 bridgehead atoms. The van der Waals surface area contributed by atoms with E-state index in [9.17, 15) is 5.26 Å². The van der Waals surface area contributed by atoms with Crippen LogP contribution in [0.5, 0.6) is 0 Å². The Bertz CT molecular complexity index is 363. The largest absolute Gasteiger partial charge is 0.384 e. The highest BCUT2D eigenvalue weighted by Gasteiger charge is 2.26. The highest BCUT2D eigenvalue weighted by molar-refractivity contribution is 7.99. The van der Waals surface area contributed by atoms with Crippen molar-refractivity contribution < 1.29 is 4.74 Å². The molecule has 2 N–H and O–H groups in total. The van der Waals surface area contributed by atoms with Crippen LogP contribution in [0.15, 0.2) is 30.3 Å². The standard InChI is InChI=1S/C13H18N2OS/c1-16-8-10-17-9-7-13(15,11-14)12-5-3-2-4-6-12/h2-6H,7-10,15H2,1H3. The van der Waals surface area contributed by atoms with Crippen LogP contribution in [-0.2, 0) is 10.3 Å². The maximum Gasteiger partial charge on any atom is 0.130 e. The SMILES string of the molecule is COCCSCCC(N)(C#N)c1ccccc1. The lowest BCUT2D eigenvalue weighted by Gasteiger charge is -2.21. The number of nitriles is 1. The molecule has 0 aliphatic rings. The zero-order chi connectivity index (χ0) is 12.6. The Morgan fingerprint density at radius 1 is 1.35 bits per heavy atom. The summed E-state index contributed by atoms with van der Waals surface area (Å²) in [5.74, 6) is 1.80. The Morgan fingerprint density at radius 3 is 2.65 bits per heavy atom. The summed E-state index contributed by atoms with van der Waals surface area (Å²) in [5.41, 5.74) is 6.14. The third kappa shape index (κ3) is 4.39. The zero-order valence-electron chi connectivity index (χ0n) is 10.1. The maximum absolute atomic E-state index is 9.23. The van der Waals surface area contributed by atoms with Gasteiger partial charge in [-0.1, -0.05) is 30.3 Å². The van der Waals surface area contributed by atoms with Crippen molar-refractivity contribution in [2.45, 2.75) is 12.0 Å². The molecule has 0 fully saturated rings. The van der Waals surface area contributed by atoms with Gasteiger partial charge in [0.05, 0.1) is 12.7 Å². The molecule has 0 heterocycles. The van der Waals surface area contributed by atoms with Crippen molar-refractivity contribution in [2.24, 2.45) is 5.73 Å². The van der Waals surface area contributed by atoms with Gasteiger partial charge in [0.2, 0.25) is 0 Å². The Balaban J connectivity index is 2.50. The summed E-state index contributed by atoms with van der Waals surface area (Å²) in [4.78, 5) is 0. The second-order valence-electron chi connectivity index (χ2n) is 3.80. The minimum Gasteiger partial charge on any atom is -0.384 e. The number of hydrogen-bond acceptors (Lipinski definition) is 4. The number of nitrogens with two attached hydrogens (primary N) is 1. The number of methoxy groups -OCH3 is 1. The van der Waals surface area contributed by atoms with Crippen LogP contribution in [0.3, 0.4) is 0 Å². The van der Waals surface area contributed by atoms with Crippen LogP contribution in [-0.4, -0.2) is 25.2 Å². The van der Waals surface area contributed by atoms with Gasteiger partial charge in [-0.3, -0.25) is 0 Å². The average molecular weight is 250 g/mol. The minimum absolute atomic E-state index is 0.655. The van der Waals surface area contributed by atoms with E-state index in [1.165, 1.54) is 0 Å². The Hall–Kier alpha value is -1.02. The normalized spacial score (nSPS) is 13.9. The molecule has 1 aromatic carbocycles. The molecule has 0 saturated carbocycles. The van der Waals surface area contributed by atoms with Crippen molar-refractivity contribution in [3.05, 3.63) is 35.9 Å². The van der Waals surface area contributed by atoms with Crippen molar-refractivity contribution >= 4 is 11.8 Å². The number of benzene rings is 1. The number of nitrogens with zero attached hydrogens (tertiary/aromatic N) is 1. The van der Waals surface area contributed by atoms with E-state index in [0.717, 1.165) is 23.7 Å². The predicted molar refractivity (Wildman–Crippen MR) is 71.7 cm³/mol. The van der Waals surface area contributed by atoms with Gasteiger partial charge in [-0.25, -0.2) is 0 Å². The molecule has 0 saturated heterocycles. The van der Waals surface area contributed by atoms with E-state index in [0.29, 0.717) is 6.42 Å². The first-order valence-corrected chi connectivity index (χ1v) is 6.71. The van der Waals surface area contributed by atoms with E-state index >= 15 is 0 Å². The van der Waals surface area contributed by atoms with Gasteiger partial charge in [0, 0.05) is 12.9 Å². The summed E-state index contributed by atoms with van der Waals surface area (Å²) in [7, 11) is 1.69. The second-order valence-corrected chi connectivity index (χ2v) is 5.03. The first kappa shape index (κ1) is 14.0. The Morgan fingerprint density at radius 2 is 2.06 bits per heavy atom. The van der Waals surface area contributed by atoms with E-state index in [1.807, 2.05) is 30.3 Å². The number of thioether (sulfide) groups is 1. The summed E-state index contributed by atoms with van der Waals surface area (Å²) < 4.78 is 4.97. The van der Waals surface area contributed by atoms with Gasteiger partial charge < -0.3 is 10.5 Å². The summed E-state index contributed by atoms with van der Waals surface area (Å²) in [5, 5.41) is 9.23. The molecule has 1 aromatic rings. The first-order chi connectivity index (χ1) is 8.23. The van der Waals surface area contributed by atoms with E-state index in [-0.39, 0.29) is 0 Å². The number of hydrogen-bond donors (Lipinski definition) is 1. The van der Waals surface area contributed by atoms with Crippen molar-refractivity contribution in [2.75, 3.05) is 25.2 Å².